The first-order chi connectivity index (χ1) is 9.74. The summed E-state index contributed by atoms with van der Waals surface area (Å²) in [6, 6.07) is 17.5. The maximum Gasteiger partial charge on any atom is 0.145 e. The van der Waals surface area contributed by atoms with Crippen LogP contribution in [0.15, 0.2) is 48.5 Å². The van der Waals surface area contributed by atoms with Crippen LogP contribution in [0, 0.1) is 11.3 Å². The highest BCUT2D eigenvalue weighted by molar-refractivity contribution is 5.45. The van der Waals surface area contributed by atoms with E-state index in [0.717, 1.165) is 5.75 Å². The fourth-order valence-corrected chi connectivity index (χ4v) is 2.24. The number of rotatable bonds is 5. The Bertz CT molecular complexity index is 596. The Labute approximate surface area is 120 Å². The monoisotopic (exact) mass is 265 g/mol. The molecule has 102 valence electrons. The standard InChI is InChI=1S/C18H19NO/c1-3-6-14(2)15-9-11-17(12-10-15)20-18-8-5-4-7-16(18)13-19/h4-5,7-12,14H,3,6H2,1-2H3. The largest absolute Gasteiger partial charge is 0.456 e. The Kier molecular flexibility index (Phi) is 4.79. The van der Waals surface area contributed by atoms with Gasteiger partial charge in [0.05, 0.1) is 5.56 Å². The van der Waals surface area contributed by atoms with Crippen molar-refractivity contribution in [1.29, 1.82) is 5.26 Å². The molecule has 0 spiro atoms. The van der Waals surface area contributed by atoms with E-state index >= 15 is 0 Å². The first-order valence-corrected chi connectivity index (χ1v) is 7.01. The third kappa shape index (κ3) is 3.39. The molecular formula is C18H19NO. The fourth-order valence-electron chi connectivity index (χ4n) is 2.24. The maximum absolute atomic E-state index is 9.04. The number of hydrogen-bond donors (Lipinski definition) is 0. The van der Waals surface area contributed by atoms with Gasteiger partial charge in [0.15, 0.2) is 0 Å². The normalized spacial score (nSPS) is 11.7. The average molecular weight is 265 g/mol. The summed E-state index contributed by atoms with van der Waals surface area (Å²) in [6.45, 7) is 4.44. The van der Waals surface area contributed by atoms with Gasteiger partial charge in [-0.1, -0.05) is 44.5 Å². The molecule has 0 saturated heterocycles. The highest BCUT2D eigenvalue weighted by atomic mass is 16.5. The second kappa shape index (κ2) is 6.77. The number of nitrogens with zero attached hydrogens (tertiary/aromatic N) is 1. The molecule has 0 aliphatic rings. The Morgan fingerprint density at radius 2 is 1.80 bits per heavy atom. The smallest absolute Gasteiger partial charge is 0.145 e. The highest BCUT2D eigenvalue weighted by Crippen LogP contribution is 2.27. The summed E-state index contributed by atoms with van der Waals surface area (Å²) >= 11 is 0. The lowest BCUT2D eigenvalue weighted by atomic mass is 9.97. The van der Waals surface area contributed by atoms with Gasteiger partial charge in [-0.25, -0.2) is 0 Å². The fraction of sp³-hybridized carbons (Fsp3) is 0.278. The van der Waals surface area contributed by atoms with Crippen LogP contribution in [0.5, 0.6) is 11.5 Å². The molecule has 0 N–H and O–H groups in total. The quantitative estimate of drug-likeness (QED) is 0.739. The molecule has 0 heterocycles. The summed E-state index contributed by atoms with van der Waals surface area (Å²) in [5.41, 5.74) is 1.88. The number of ether oxygens (including phenoxy) is 1. The molecule has 0 aromatic heterocycles. The zero-order valence-electron chi connectivity index (χ0n) is 12.0. The third-order valence-electron chi connectivity index (χ3n) is 3.41. The van der Waals surface area contributed by atoms with Gasteiger partial charge in [0.1, 0.15) is 17.6 Å². The zero-order chi connectivity index (χ0) is 14.4. The lowest BCUT2D eigenvalue weighted by Crippen LogP contribution is -1.93. The van der Waals surface area contributed by atoms with Crippen molar-refractivity contribution in [3.63, 3.8) is 0 Å². The van der Waals surface area contributed by atoms with Crippen LogP contribution in [0.4, 0.5) is 0 Å². The summed E-state index contributed by atoms with van der Waals surface area (Å²) in [7, 11) is 0. The van der Waals surface area contributed by atoms with Crippen LogP contribution in [0.25, 0.3) is 0 Å². The molecule has 0 bridgehead atoms. The van der Waals surface area contributed by atoms with E-state index in [2.05, 4.69) is 32.0 Å². The molecule has 2 aromatic rings. The summed E-state index contributed by atoms with van der Waals surface area (Å²) in [5, 5.41) is 9.04. The predicted octanol–water partition coefficient (Wildman–Crippen LogP) is 5.25. The van der Waals surface area contributed by atoms with Gasteiger partial charge in [-0.2, -0.15) is 5.26 Å². The highest BCUT2D eigenvalue weighted by Gasteiger charge is 2.06. The molecule has 1 unspecified atom stereocenters. The third-order valence-corrected chi connectivity index (χ3v) is 3.41. The molecule has 0 fully saturated rings. The van der Waals surface area contributed by atoms with Crippen molar-refractivity contribution in [2.24, 2.45) is 0 Å². The molecule has 0 aliphatic carbocycles. The minimum absolute atomic E-state index is 0.552. The van der Waals surface area contributed by atoms with Gasteiger partial charge in [0.2, 0.25) is 0 Å². The van der Waals surface area contributed by atoms with Crippen molar-refractivity contribution in [2.75, 3.05) is 0 Å². The molecule has 0 aliphatic heterocycles. The molecular weight excluding hydrogens is 246 g/mol. The number of benzene rings is 2. The Morgan fingerprint density at radius 3 is 2.45 bits per heavy atom. The number of para-hydroxylation sites is 1. The van der Waals surface area contributed by atoms with Gasteiger partial charge in [-0.15, -0.1) is 0 Å². The van der Waals surface area contributed by atoms with Crippen molar-refractivity contribution in [3.05, 3.63) is 59.7 Å². The van der Waals surface area contributed by atoms with Gasteiger partial charge in [-0.05, 0) is 42.2 Å². The molecule has 0 saturated carbocycles. The molecule has 2 heteroatoms. The van der Waals surface area contributed by atoms with Crippen LogP contribution in [0.3, 0.4) is 0 Å². The Hall–Kier alpha value is -2.27. The SMILES string of the molecule is CCCC(C)c1ccc(Oc2ccccc2C#N)cc1. The molecule has 2 aromatic carbocycles. The maximum atomic E-state index is 9.04. The van der Waals surface area contributed by atoms with Crippen molar-refractivity contribution < 1.29 is 4.74 Å². The van der Waals surface area contributed by atoms with Gasteiger partial charge < -0.3 is 4.74 Å². The van der Waals surface area contributed by atoms with E-state index in [1.165, 1.54) is 18.4 Å². The lowest BCUT2D eigenvalue weighted by molar-refractivity contribution is 0.480. The van der Waals surface area contributed by atoms with Crippen LogP contribution >= 0.6 is 0 Å². The van der Waals surface area contributed by atoms with Crippen molar-refractivity contribution in [2.45, 2.75) is 32.6 Å². The topological polar surface area (TPSA) is 33.0 Å². The Balaban J connectivity index is 2.13. The molecule has 2 nitrogen and oxygen atoms in total. The van der Waals surface area contributed by atoms with Crippen LogP contribution in [0.2, 0.25) is 0 Å². The van der Waals surface area contributed by atoms with E-state index in [-0.39, 0.29) is 0 Å². The van der Waals surface area contributed by atoms with E-state index in [0.29, 0.717) is 17.2 Å². The van der Waals surface area contributed by atoms with Gasteiger partial charge >= 0.3 is 0 Å². The first kappa shape index (κ1) is 14.1. The van der Waals surface area contributed by atoms with Gasteiger partial charge in [0.25, 0.3) is 0 Å². The van der Waals surface area contributed by atoms with Gasteiger partial charge in [-0.3, -0.25) is 0 Å². The van der Waals surface area contributed by atoms with Crippen molar-refractivity contribution in [1.82, 2.24) is 0 Å². The van der Waals surface area contributed by atoms with E-state index in [1.54, 1.807) is 6.07 Å². The van der Waals surface area contributed by atoms with E-state index in [4.69, 9.17) is 10.00 Å². The van der Waals surface area contributed by atoms with Crippen LogP contribution in [-0.2, 0) is 0 Å². The van der Waals surface area contributed by atoms with E-state index in [9.17, 15) is 0 Å². The average Bonchev–Trinajstić information content (AvgIpc) is 2.49. The second-order valence-electron chi connectivity index (χ2n) is 4.97. The summed E-state index contributed by atoms with van der Waals surface area (Å²) in [4.78, 5) is 0. The number of nitriles is 1. The lowest BCUT2D eigenvalue weighted by Gasteiger charge is -2.12. The van der Waals surface area contributed by atoms with Crippen molar-refractivity contribution in [3.8, 4) is 17.6 Å². The number of hydrogen-bond acceptors (Lipinski definition) is 2. The molecule has 0 amide bonds. The second-order valence-corrected chi connectivity index (χ2v) is 4.97. The molecule has 0 radical (unpaired) electrons. The van der Waals surface area contributed by atoms with E-state index < -0.39 is 0 Å². The summed E-state index contributed by atoms with van der Waals surface area (Å²) < 4.78 is 5.77. The van der Waals surface area contributed by atoms with Crippen molar-refractivity contribution >= 4 is 0 Å². The minimum atomic E-state index is 0.552. The predicted molar refractivity (Wildman–Crippen MR) is 81.0 cm³/mol. The van der Waals surface area contributed by atoms with Crippen LogP contribution < -0.4 is 4.74 Å². The molecule has 2 rings (SSSR count). The summed E-state index contributed by atoms with van der Waals surface area (Å²) in [5.74, 6) is 1.94. The van der Waals surface area contributed by atoms with E-state index in [1.807, 2.05) is 30.3 Å². The van der Waals surface area contributed by atoms with Crippen LogP contribution in [0.1, 0.15) is 43.7 Å². The molecule has 1 atom stereocenters. The minimum Gasteiger partial charge on any atom is -0.456 e. The first-order valence-electron chi connectivity index (χ1n) is 7.01. The zero-order valence-corrected chi connectivity index (χ0v) is 12.0. The van der Waals surface area contributed by atoms with Crippen LogP contribution in [-0.4, -0.2) is 0 Å². The summed E-state index contributed by atoms with van der Waals surface area (Å²) in [6.07, 6.45) is 2.38. The van der Waals surface area contributed by atoms with Gasteiger partial charge in [0, 0.05) is 0 Å². The molecule has 20 heavy (non-hydrogen) atoms. The Morgan fingerprint density at radius 1 is 1.10 bits per heavy atom.